The van der Waals surface area contributed by atoms with E-state index in [0.717, 1.165) is 11.1 Å². The maximum Gasteiger partial charge on any atom is 0.326 e. The van der Waals surface area contributed by atoms with Gasteiger partial charge < -0.3 is 15.4 Å². The Morgan fingerprint density at radius 1 is 1.07 bits per heavy atom. The van der Waals surface area contributed by atoms with Gasteiger partial charge in [-0.05, 0) is 64.8 Å². The molecule has 0 fully saturated rings. The van der Waals surface area contributed by atoms with Crippen LogP contribution in [0.15, 0.2) is 23.1 Å². The van der Waals surface area contributed by atoms with Gasteiger partial charge in [-0.25, -0.2) is 13.1 Å². The van der Waals surface area contributed by atoms with E-state index in [0.29, 0.717) is 0 Å². The van der Waals surface area contributed by atoms with Crippen molar-refractivity contribution in [2.45, 2.75) is 58.1 Å². The van der Waals surface area contributed by atoms with Crippen LogP contribution in [-0.2, 0) is 29.1 Å². The molecule has 0 heterocycles. The molecule has 1 aromatic rings. The Morgan fingerprint density at radius 3 is 2.24 bits per heavy atom. The van der Waals surface area contributed by atoms with E-state index in [4.69, 9.17) is 4.74 Å². The summed E-state index contributed by atoms with van der Waals surface area (Å²) in [6, 6.07) is 4.64. The van der Waals surface area contributed by atoms with E-state index < -0.39 is 52.5 Å². The largest absolute Gasteiger partial charge is 0.451 e. The lowest BCUT2D eigenvalue weighted by Crippen LogP contribution is -2.47. The molecule has 0 radical (unpaired) electrons. The Labute approximate surface area is 171 Å². The Balaban J connectivity index is 2.47. The fourth-order valence-corrected chi connectivity index (χ4v) is 3.19. The van der Waals surface area contributed by atoms with Crippen molar-refractivity contribution >= 4 is 27.8 Å². The van der Waals surface area contributed by atoms with E-state index in [1.807, 2.05) is 6.92 Å². The SMILES string of the molecule is Cc1ccc(S(=O)(=O)NCC(=O)NCC(=O)O[C@H](C)C(=O)NC(C)(C)C)cc1C. The average Bonchev–Trinajstić information content (AvgIpc) is 2.59. The predicted molar refractivity (Wildman–Crippen MR) is 108 cm³/mol. The van der Waals surface area contributed by atoms with Crippen molar-refractivity contribution in [1.29, 1.82) is 0 Å². The molecule has 10 heteroatoms. The number of carbonyl (C=O) groups excluding carboxylic acids is 3. The summed E-state index contributed by atoms with van der Waals surface area (Å²) >= 11 is 0. The molecule has 3 N–H and O–H groups in total. The Bertz CT molecular complexity index is 874. The number of carbonyl (C=O) groups is 3. The smallest absolute Gasteiger partial charge is 0.326 e. The molecule has 0 aromatic heterocycles. The van der Waals surface area contributed by atoms with Gasteiger partial charge in [0.05, 0.1) is 11.4 Å². The van der Waals surface area contributed by atoms with E-state index in [2.05, 4.69) is 15.4 Å². The number of nitrogens with one attached hydrogen (secondary N) is 3. The van der Waals surface area contributed by atoms with Crippen LogP contribution in [0.25, 0.3) is 0 Å². The zero-order chi connectivity index (χ0) is 22.4. The van der Waals surface area contributed by atoms with Crippen LogP contribution in [0.5, 0.6) is 0 Å². The van der Waals surface area contributed by atoms with Crippen LogP contribution in [-0.4, -0.2) is 50.9 Å². The summed E-state index contributed by atoms with van der Waals surface area (Å²) in [5.74, 6) is -1.98. The van der Waals surface area contributed by atoms with Gasteiger partial charge >= 0.3 is 5.97 Å². The third-order valence-corrected chi connectivity index (χ3v) is 5.22. The number of amides is 2. The summed E-state index contributed by atoms with van der Waals surface area (Å²) in [6.45, 7) is 9.41. The van der Waals surface area contributed by atoms with Crippen molar-refractivity contribution in [2.24, 2.45) is 0 Å². The molecule has 9 nitrogen and oxygen atoms in total. The van der Waals surface area contributed by atoms with Gasteiger partial charge in [-0.15, -0.1) is 0 Å². The molecular weight excluding hydrogens is 398 g/mol. The average molecular weight is 428 g/mol. The Hall–Kier alpha value is -2.46. The molecule has 162 valence electrons. The molecule has 0 aliphatic carbocycles. The van der Waals surface area contributed by atoms with E-state index >= 15 is 0 Å². The van der Waals surface area contributed by atoms with Crippen molar-refractivity contribution in [1.82, 2.24) is 15.4 Å². The fourth-order valence-electron chi connectivity index (χ4n) is 2.12. The Kier molecular flexibility index (Phi) is 8.34. The summed E-state index contributed by atoms with van der Waals surface area (Å²) in [6.07, 6.45) is -1.03. The van der Waals surface area contributed by atoms with Crippen LogP contribution in [0.4, 0.5) is 0 Å². The minimum atomic E-state index is -3.86. The van der Waals surface area contributed by atoms with Crippen LogP contribution in [0.1, 0.15) is 38.8 Å². The third kappa shape index (κ3) is 8.61. The van der Waals surface area contributed by atoms with Gasteiger partial charge in [-0.2, -0.15) is 0 Å². The molecular formula is C19H29N3O6S. The van der Waals surface area contributed by atoms with Crippen LogP contribution in [0.2, 0.25) is 0 Å². The lowest BCUT2D eigenvalue weighted by molar-refractivity contribution is -0.154. The molecule has 29 heavy (non-hydrogen) atoms. The highest BCUT2D eigenvalue weighted by atomic mass is 32.2. The number of esters is 1. The first-order chi connectivity index (χ1) is 13.2. The first-order valence-electron chi connectivity index (χ1n) is 9.06. The van der Waals surface area contributed by atoms with Crippen molar-refractivity contribution in [2.75, 3.05) is 13.1 Å². The van der Waals surface area contributed by atoms with Crippen molar-refractivity contribution in [3.05, 3.63) is 29.3 Å². The van der Waals surface area contributed by atoms with E-state index in [-0.39, 0.29) is 4.90 Å². The number of sulfonamides is 1. The minimum absolute atomic E-state index is 0.0477. The van der Waals surface area contributed by atoms with Crippen LogP contribution in [0, 0.1) is 13.8 Å². The van der Waals surface area contributed by atoms with Gasteiger partial charge in [-0.3, -0.25) is 14.4 Å². The van der Waals surface area contributed by atoms with E-state index in [1.54, 1.807) is 33.8 Å². The van der Waals surface area contributed by atoms with Crippen molar-refractivity contribution < 1.29 is 27.5 Å². The lowest BCUT2D eigenvalue weighted by Gasteiger charge is -2.23. The molecule has 0 spiro atoms. The summed E-state index contributed by atoms with van der Waals surface area (Å²) in [7, 11) is -3.86. The van der Waals surface area contributed by atoms with Crippen LogP contribution < -0.4 is 15.4 Å². The standard InChI is InChI=1S/C19H29N3O6S/c1-12-7-8-15(9-13(12)2)29(26,27)21-10-16(23)20-11-17(24)28-14(3)18(25)22-19(4,5)6/h7-9,14,21H,10-11H2,1-6H3,(H,20,23)(H,22,25)/t14-/m1/s1. The summed E-state index contributed by atoms with van der Waals surface area (Å²) in [5.41, 5.74) is 1.29. The summed E-state index contributed by atoms with van der Waals surface area (Å²) in [5, 5.41) is 4.92. The second-order valence-electron chi connectivity index (χ2n) is 7.72. The lowest BCUT2D eigenvalue weighted by atomic mass is 10.1. The van der Waals surface area contributed by atoms with Gasteiger partial charge in [-0.1, -0.05) is 6.07 Å². The zero-order valence-electron chi connectivity index (χ0n) is 17.6. The highest BCUT2D eigenvalue weighted by Crippen LogP contribution is 2.14. The number of aryl methyl sites for hydroxylation is 2. The van der Waals surface area contributed by atoms with E-state index in [1.165, 1.54) is 19.1 Å². The first kappa shape index (κ1) is 24.6. The van der Waals surface area contributed by atoms with Crippen molar-refractivity contribution in [3.8, 4) is 0 Å². The molecule has 0 unspecified atom stereocenters. The number of hydrogen-bond acceptors (Lipinski definition) is 6. The highest BCUT2D eigenvalue weighted by Gasteiger charge is 2.22. The van der Waals surface area contributed by atoms with Gasteiger partial charge in [0, 0.05) is 5.54 Å². The zero-order valence-corrected chi connectivity index (χ0v) is 18.4. The predicted octanol–water partition coefficient (Wildman–Crippen LogP) is 0.544. The third-order valence-electron chi connectivity index (χ3n) is 3.82. The summed E-state index contributed by atoms with van der Waals surface area (Å²) < 4.78 is 31.6. The van der Waals surface area contributed by atoms with Crippen LogP contribution in [0.3, 0.4) is 0 Å². The molecule has 0 aliphatic rings. The number of benzene rings is 1. The monoisotopic (exact) mass is 427 g/mol. The van der Waals surface area contributed by atoms with Gasteiger partial charge in [0.2, 0.25) is 15.9 Å². The highest BCUT2D eigenvalue weighted by molar-refractivity contribution is 7.89. The maximum absolute atomic E-state index is 12.2. The number of rotatable bonds is 8. The van der Waals surface area contributed by atoms with Crippen LogP contribution >= 0.6 is 0 Å². The molecule has 0 saturated heterocycles. The second kappa shape index (κ2) is 9.84. The van der Waals surface area contributed by atoms with Gasteiger partial charge in [0.15, 0.2) is 6.10 Å². The molecule has 0 aliphatic heterocycles. The fraction of sp³-hybridized carbons (Fsp3) is 0.526. The quantitative estimate of drug-likeness (QED) is 0.519. The number of hydrogen-bond donors (Lipinski definition) is 3. The first-order valence-corrected chi connectivity index (χ1v) is 10.5. The molecule has 1 aromatic carbocycles. The van der Waals surface area contributed by atoms with Crippen molar-refractivity contribution in [3.63, 3.8) is 0 Å². The Morgan fingerprint density at radius 2 is 1.69 bits per heavy atom. The van der Waals surface area contributed by atoms with Gasteiger partial charge in [0.25, 0.3) is 5.91 Å². The van der Waals surface area contributed by atoms with E-state index in [9.17, 15) is 22.8 Å². The molecule has 0 saturated carbocycles. The van der Waals surface area contributed by atoms with Gasteiger partial charge in [0.1, 0.15) is 6.54 Å². The molecule has 1 rings (SSSR count). The minimum Gasteiger partial charge on any atom is -0.451 e. The summed E-state index contributed by atoms with van der Waals surface area (Å²) in [4.78, 5) is 35.5. The molecule has 2 amide bonds. The molecule has 0 bridgehead atoms. The topological polar surface area (TPSA) is 131 Å². The second-order valence-corrected chi connectivity index (χ2v) is 9.49. The molecule has 1 atom stereocenters. The maximum atomic E-state index is 12.2. The normalized spacial score (nSPS) is 12.8. The number of ether oxygens (including phenoxy) is 1.